The Morgan fingerprint density at radius 3 is 2.00 bits per heavy atom. The van der Waals surface area contributed by atoms with Crippen molar-refractivity contribution in [2.75, 3.05) is 0 Å². The van der Waals surface area contributed by atoms with E-state index >= 15 is 0 Å². The summed E-state index contributed by atoms with van der Waals surface area (Å²) in [5.74, 6) is 0.915. The molecule has 0 bridgehead atoms. The lowest BCUT2D eigenvalue weighted by Crippen LogP contribution is -1.99. The second-order valence-electron chi connectivity index (χ2n) is 6.08. The summed E-state index contributed by atoms with van der Waals surface area (Å²) in [6, 6.07) is 4.88. The number of phenolic OH excluding ortho intramolecular Hbond substituents is 2. The van der Waals surface area contributed by atoms with Crippen LogP contribution >= 0.6 is 0 Å². The van der Waals surface area contributed by atoms with Crippen LogP contribution in [0.15, 0.2) is 18.2 Å². The molecule has 0 amide bonds. The topological polar surface area (TPSA) is 40.5 Å². The van der Waals surface area contributed by atoms with Gasteiger partial charge in [-0.15, -0.1) is 0 Å². The van der Waals surface area contributed by atoms with Crippen LogP contribution < -0.4 is 0 Å². The third-order valence-corrected chi connectivity index (χ3v) is 3.85. The van der Waals surface area contributed by atoms with Crippen LogP contribution in [0.3, 0.4) is 0 Å². The van der Waals surface area contributed by atoms with Gasteiger partial charge in [0.05, 0.1) is 0 Å². The molecule has 0 aromatic heterocycles. The molecular formula is C18H30O2. The number of benzene rings is 1. The molecule has 1 aromatic carbocycles. The predicted molar refractivity (Wildman–Crippen MR) is 85.2 cm³/mol. The van der Waals surface area contributed by atoms with Gasteiger partial charge < -0.3 is 10.2 Å². The van der Waals surface area contributed by atoms with E-state index in [1.807, 2.05) is 0 Å². The van der Waals surface area contributed by atoms with Gasteiger partial charge in [-0.1, -0.05) is 65.2 Å². The van der Waals surface area contributed by atoms with E-state index in [0.29, 0.717) is 5.92 Å². The molecular weight excluding hydrogens is 248 g/mol. The average molecular weight is 278 g/mol. The molecule has 0 aliphatic heterocycles. The minimum atomic E-state index is 0.156. The van der Waals surface area contributed by atoms with Crippen LogP contribution in [0.5, 0.6) is 11.5 Å². The van der Waals surface area contributed by atoms with E-state index in [2.05, 4.69) is 13.8 Å². The van der Waals surface area contributed by atoms with Gasteiger partial charge in [-0.3, -0.25) is 0 Å². The Kier molecular flexibility index (Phi) is 8.17. The zero-order chi connectivity index (χ0) is 14.8. The fourth-order valence-electron chi connectivity index (χ4n) is 2.73. The van der Waals surface area contributed by atoms with Crippen LogP contribution in [0.1, 0.15) is 70.8 Å². The predicted octanol–water partition coefficient (Wildman–Crippen LogP) is 5.42. The van der Waals surface area contributed by atoms with Crippen molar-refractivity contribution in [3.8, 4) is 11.5 Å². The smallest absolute Gasteiger partial charge is 0.119 e. The number of aromatic hydroxyl groups is 2. The van der Waals surface area contributed by atoms with Crippen LogP contribution in [0.4, 0.5) is 0 Å². The first-order valence-electron chi connectivity index (χ1n) is 8.13. The number of hydrogen-bond acceptors (Lipinski definition) is 2. The Hall–Kier alpha value is -1.18. The summed E-state index contributed by atoms with van der Waals surface area (Å²) in [7, 11) is 0. The van der Waals surface area contributed by atoms with Crippen molar-refractivity contribution in [3.05, 3.63) is 23.8 Å². The average Bonchev–Trinajstić information content (AvgIpc) is 2.36. The van der Waals surface area contributed by atoms with Gasteiger partial charge in [-0.25, -0.2) is 0 Å². The molecule has 2 nitrogen and oxygen atoms in total. The molecule has 2 heteroatoms. The Labute approximate surface area is 123 Å². The van der Waals surface area contributed by atoms with Gasteiger partial charge in [0.2, 0.25) is 0 Å². The zero-order valence-electron chi connectivity index (χ0n) is 13.1. The number of hydrogen-bond donors (Lipinski definition) is 2. The molecule has 0 fully saturated rings. The molecule has 0 spiro atoms. The Morgan fingerprint density at radius 1 is 0.850 bits per heavy atom. The lowest BCUT2D eigenvalue weighted by atomic mass is 9.95. The summed E-state index contributed by atoms with van der Waals surface area (Å²) in [5, 5.41) is 18.9. The fraction of sp³-hybridized carbons (Fsp3) is 0.667. The van der Waals surface area contributed by atoms with E-state index < -0.39 is 0 Å². The third kappa shape index (κ3) is 7.42. The molecule has 114 valence electrons. The van der Waals surface area contributed by atoms with Crippen LogP contribution in [-0.2, 0) is 6.42 Å². The van der Waals surface area contributed by atoms with Gasteiger partial charge in [0, 0.05) is 6.07 Å². The van der Waals surface area contributed by atoms with Crippen LogP contribution in [0.25, 0.3) is 0 Å². The second kappa shape index (κ2) is 9.68. The summed E-state index contributed by atoms with van der Waals surface area (Å²) < 4.78 is 0. The Balaban J connectivity index is 2.15. The first-order chi connectivity index (χ1) is 9.61. The fourth-order valence-corrected chi connectivity index (χ4v) is 2.73. The molecule has 0 unspecified atom stereocenters. The zero-order valence-corrected chi connectivity index (χ0v) is 13.1. The largest absolute Gasteiger partial charge is 0.508 e. The van der Waals surface area contributed by atoms with Crippen molar-refractivity contribution in [1.82, 2.24) is 0 Å². The molecule has 20 heavy (non-hydrogen) atoms. The van der Waals surface area contributed by atoms with Crippen molar-refractivity contribution in [2.24, 2.45) is 5.92 Å². The normalized spacial score (nSPS) is 12.5. The SMILES string of the molecule is CCCCCCCCC[C@H](C)Cc1cc(O)cc(O)c1. The lowest BCUT2D eigenvalue weighted by molar-refractivity contribution is 0.444. The molecule has 0 saturated carbocycles. The first kappa shape index (κ1) is 16.9. The molecule has 0 heterocycles. The highest BCUT2D eigenvalue weighted by Gasteiger charge is 2.06. The van der Waals surface area contributed by atoms with Crippen molar-refractivity contribution < 1.29 is 10.2 Å². The summed E-state index contributed by atoms with van der Waals surface area (Å²) >= 11 is 0. The van der Waals surface area contributed by atoms with Crippen LogP contribution in [0, 0.1) is 5.92 Å². The quantitative estimate of drug-likeness (QED) is 0.561. The maximum Gasteiger partial charge on any atom is 0.119 e. The molecule has 1 aromatic rings. The van der Waals surface area contributed by atoms with E-state index in [0.717, 1.165) is 12.0 Å². The molecule has 0 aliphatic rings. The maximum absolute atomic E-state index is 9.46. The van der Waals surface area contributed by atoms with E-state index in [1.165, 1.54) is 57.4 Å². The Morgan fingerprint density at radius 2 is 1.40 bits per heavy atom. The Bertz CT molecular complexity index is 353. The van der Waals surface area contributed by atoms with Crippen molar-refractivity contribution in [3.63, 3.8) is 0 Å². The van der Waals surface area contributed by atoms with E-state index in [-0.39, 0.29) is 11.5 Å². The van der Waals surface area contributed by atoms with Gasteiger partial charge in [0.15, 0.2) is 0 Å². The molecule has 0 aliphatic carbocycles. The van der Waals surface area contributed by atoms with E-state index in [1.54, 1.807) is 12.1 Å². The third-order valence-electron chi connectivity index (χ3n) is 3.85. The number of rotatable bonds is 10. The minimum Gasteiger partial charge on any atom is -0.508 e. The van der Waals surface area contributed by atoms with Gasteiger partial charge in [-0.05, 0) is 30.0 Å². The molecule has 1 rings (SSSR count). The highest BCUT2D eigenvalue weighted by molar-refractivity contribution is 5.36. The minimum absolute atomic E-state index is 0.156. The summed E-state index contributed by atoms with van der Waals surface area (Å²) in [5.41, 5.74) is 1.03. The monoisotopic (exact) mass is 278 g/mol. The summed E-state index contributed by atoms with van der Waals surface area (Å²) in [6.45, 7) is 4.50. The van der Waals surface area contributed by atoms with E-state index in [9.17, 15) is 10.2 Å². The van der Waals surface area contributed by atoms with Crippen molar-refractivity contribution >= 4 is 0 Å². The number of unbranched alkanes of at least 4 members (excludes halogenated alkanes) is 6. The molecule has 0 saturated heterocycles. The lowest BCUT2D eigenvalue weighted by Gasteiger charge is -2.12. The summed E-state index contributed by atoms with van der Waals surface area (Å²) in [4.78, 5) is 0. The molecule has 1 atom stereocenters. The van der Waals surface area contributed by atoms with Crippen LogP contribution in [-0.4, -0.2) is 10.2 Å². The van der Waals surface area contributed by atoms with Gasteiger partial charge in [0.25, 0.3) is 0 Å². The maximum atomic E-state index is 9.46. The van der Waals surface area contributed by atoms with Crippen molar-refractivity contribution in [2.45, 2.75) is 71.6 Å². The number of phenols is 2. The molecule has 2 N–H and O–H groups in total. The second-order valence-corrected chi connectivity index (χ2v) is 6.08. The van der Waals surface area contributed by atoms with Gasteiger partial charge in [0.1, 0.15) is 11.5 Å². The van der Waals surface area contributed by atoms with Gasteiger partial charge in [-0.2, -0.15) is 0 Å². The van der Waals surface area contributed by atoms with Crippen molar-refractivity contribution in [1.29, 1.82) is 0 Å². The highest BCUT2D eigenvalue weighted by Crippen LogP contribution is 2.24. The first-order valence-corrected chi connectivity index (χ1v) is 8.13. The van der Waals surface area contributed by atoms with Gasteiger partial charge >= 0.3 is 0 Å². The van der Waals surface area contributed by atoms with Crippen LogP contribution in [0.2, 0.25) is 0 Å². The molecule has 0 radical (unpaired) electrons. The highest BCUT2D eigenvalue weighted by atomic mass is 16.3. The summed E-state index contributed by atoms with van der Waals surface area (Å²) in [6.07, 6.45) is 11.6. The van der Waals surface area contributed by atoms with E-state index in [4.69, 9.17) is 0 Å². The standard InChI is InChI=1S/C18H30O2/c1-3-4-5-6-7-8-9-10-15(2)11-16-12-17(19)14-18(20)13-16/h12-15,19-20H,3-11H2,1-2H3/t15-/m0/s1.